The molecule has 2 aromatic rings. The van der Waals surface area contributed by atoms with Crippen LogP contribution in [0.4, 0.5) is 16.2 Å². The highest BCUT2D eigenvalue weighted by Crippen LogP contribution is 2.23. The summed E-state index contributed by atoms with van der Waals surface area (Å²) < 4.78 is 1.04. The van der Waals surface area contributed by atoms with Crippen molar-refractivity contribution in [2.75, 3.05) is 17.6 Å². The summed E-state index contributed by atoms with van der Waals surface area (Å²) in [6, 6.07) is 12.6. The van der Waals surface area contributed by atoms with E-state index in [1.165, 1.54) is 0 Å². The van der Waals surface area contributed by atoms with Crippen molar-refractivity contribution in [1.29, 1.82) is 0 Å². The lowest BCUT2D eigenvalue weighted by Gasteiger charge is -2.09. The van der Waals surface area contributed by atoms with Crippen molar-refractivity contribution in [3.05, 3.63) is 57.5 Å². The number of anilines is 2. The second-order valence-electron chi connectivity index (χ2n) is 4.50. The Labute approximate surface area is 136 Å². The molecule has 0 saturated heterocycles. The fraction of sp³-hybridized carbons (Fsp3) is 0.133. The number of carbonyl (C=O) groups is 1. The van der Waals surface area contributed by atoms with Gasteiger partial charge in [0.2, 0.25) is 0 Å². The molecule has 110 valence electrons. The maximum Gasteiger partial charge on any atom is 0.319 e. The Hall–Kier alpha value is -1.72. The highest BCUT2D eigenvalue weighted by Gasteiger charge is 2.05. The molecule has 0 spiro atoms. The number of rotatable bonds is 4. The Bertz CT molecular complexity index is 631. The number of nitrogens with one attached hydrogen (secondary N) is 2. The fourth-order valence-electron chi connectivity index (χ4n) is 1.77. The van der Waals surface area contributed by atoms with Crippen LogP contribution in [0.25, 0.3) is 0 Å². The zero-order chi connectivity index (χ0) is 15.2. The average Bonchev–Trinajstić information content (AvgIpc) is 2.44. The molecule has 0 bridgehead atoms. The van der Waals surface area contributed by atoms with Crippen LogP contribution >= 0.6 is 27.5 Å². The number of nitrogens with two attached hydrogens (primary N) is 1. The number of benzene rings is 2. The Balaban J connectivity index is 1.81. The Morgan fingerprint density at radius 2 is 1.90 bits per heavy atom. The lowest BCUT2D eigenvalue weighted by Crippen LogP contribution is -2.30. The van der Waals surface area contributed by atoms with Crippen LogP contribution in [0.3, 0.4) is 0 Å². The minimum Gasteiger partial charge on any atom is -0.399 e. The van der Waals surface area contributed by atoms with Crippen LogP contribution in [0.1, 0.15) is 5.56 Å². The highest BCUT2D eigenvalue weighted by molar-refractivity contribution is 9.10. The van der Waals surface area contributed by atoms with Crippen molar-refractivity contribution in [2.24, 2.45) is 0 Å². The molecule has 0 aromatic heterocycles. The maximum atomic E-state index is 11.8. The van der Waals surface area contributed by atoms with Gasteiger partial charge in [-0.2, -0.15) is 0 Å². The first kappa shape index (κ1) is 15.7. The van der Waals surface area contributed by atoms with Gasteiger partial charge in [0.1, 0.15) is 0 Å². The van der Waals surface area contributed by atoms with Crippen LogP contribution in [0, 0.1) is 0 Å². The summed E-state index contributed by atoms with van der Waals surface area (Å²) in [5.41, 5.74) is 7.84. The summed E-state index contributed by atoms with van der Waals surface area (Å²) in [5.74, 6) is 0. The van der Waals surface area contributed by atoms with Crippen LogP contribution in [-0.2, 0) is 6.42 Å². The van der Waals surface area contributed by atoms with Crippen molar-refractivity contribution >= 4 is 44.9 Å². The van der Waals surface area contributed by atoms with Crippen LogP contribution < -0.4 is 16.4 Å². The second kappa shape index (κ2) is 7.33. The van der Waals surface area contributed by atoms with E-state index in [4.69, 9.17) is 17.3 Å². The monoisotopic (exact) mass is 367 g/mol. The van der Waals surface area contributed by atoms with Crippen LogP contribution in [0.2, 0.25) is 5.02 Å². The van der Waals surface area contributed by atoms with Crippen molar-refractivity contribution in [3.8, 4) is 0 Å². The minimum atomic E-state index is -0.293. The molecule has 0 saturated carbocycles. The molecule has 6 heteroatoms. The predicted molar refractivity (Wildman–Crippen MR) is 90.7 cm³/mol. The zero-order valence-corrected chi connectivity index (χ0v) is 13.5. The van der Waals surface area contributed by atoms with E-state index in [0.717, 1.165) is 16.5 Å². The average molecular weight is 369 g/mol. The standard InChI is InChI=1S/C15H15BrClN3O/c16-11-3-1-10(2-4-11)7-8-19-15(21)20-14-6-5-12(18)9-13(14)17/h1-6,9H,7-8,18H2,(H2,19,20,21). The van der Waals surface area contributed by atoms with Gasteiger partial charge < -0.3 is 16.4 Å². The molecule has 4 nitrogen and oxygen atoms in total. The molecule has 0 aliphatic heterocycles. The largest absolute Gasteiger partial charge is 0.399 e. The number of urea groups is 1. The molecule has 0 fully saturated rings. The van der Waals surface area contributed by atoms with Gasteiger partial charge in [-0.1, -0.05) is 39.7 Å². The van der Waals surface area contributed by atoms with Gasteiger partial charge in [-0.15, -0.1) is 0 Å². The molecule has 0 unspecified atom stereocenters. The van der Waals surface area contributed by atoms with Gasteiger partial charge in [0.15, 0.2) is 0 Å². The van der Waals surface area contributed by atoms with E-state index >= 15 is 0 Å². The quantitative estimate of drug-likeness (QED) is 0.713. The molecule has 21 heavy (non-hydrogen) atoms. The Morgan fingerprint density at radius 1 is 1.19 bits per heavy atom. The summed E-state index contributed by atoms with van der Waals surface area (Å²) in [7, 11) is 0. The van der Waals surface area contributed by atoms with Gasteiger partial charge in [-0.05, 0) is 42.3 Å². The number of hydrogen-bond acceptors (Lipinski definition) is 2. The molecule has 2 rings (SSSR count). The number of amides is 2. The van der Waals surface area contributed by atoms with Gasteiger partial charge >= 0.3 is 6.03 Å². The molecule has 0 aliphatic rings. The van der Waals surface area contributed by atoms with E-state index in [9.17, 15) is 4.79 Å². The minimum absolute atomic E-state index is 0.293. The van der Waals surface area contributed by atoms with E-state index in [0.29, 0.717) is 22.9 Å². The van der Waals surface area contributed by atoms with Crippen molar-refractivity contribution in [3.63, 3.8) is 0 Å². The molecule has 0 atom stereocenters. The van der Waals surface area contributed by atoms with E-state index < -0.39 is 0 Å². The lowest BCUT2D eigenvalue weighted by molar-refractivity contribution is 0.252. The maximum absolute atomic E-state index is 11.8. The van der Waals surface area contributed by atoms with E-state index in [-0.39, 0.29) is 6.03 Å². The summed E-state index contributed by atoms with van der Waals surface area (Å²) in [6.07, 6.45) is 0.760. The lowest BCUT2D eigenvalue weighted by atomic mass is 10.1. The van der Waals surface area contributed by atoms with E-state index in [1.54, 1.807) is 18.2 Å². The normalized spacial score (nSPS) is 10.2. The molecule has 2 amide bonds. The topological polar surface area (TPSA) is 67.1 Å². The van der Waals surface area contributed by atoms with E-state index in [1.807, 2.05) is 24.3 Å². The molecule has 0 aliphatic carbocycles. The molecule has 2 aromatic carbocycles. The first-order valence-electron chi connectivity index (χ1n) is 6.39. The Kier molecular flexibility index (Phi) is 5.47. The first-order chi connectivity index (χ1) is 10.0. The summed E-state index contributed by atoms with van der Waals surface area (Å²) in [6.45, 7) is 0.542. The molecule has 4 N–H and O–H groups in total. The molecule has 0 heterocycles. The van der Waals surface area contributed by atoms with Crippen LogP contribution in [-0.4, -0.2) is 12.6 Å². The third-order valence-electron chi connectivity index (χ3n) is 2.85. The summed E-state index contributed by atoms with van der Waals surface area (Å²) in [4.78, 5) is 11.8. The predicted octanol–water partition coefficient (Wildman–Crippen LogP) is 4.05. The molecular weight excluding hydrogens is 354 g/mol. The third kappa shape index (κ3) is 4.95. The SMILES string of the molecule is Nc1ccc(NC(=O)NCCc2ccc(Br)cc2)c(Cl)c1. The summed E-state index contributed by atoms with van der Waals surface area (Å²) in [5, 5.41) is 5.89. The molecular formula is C15H15BrClN3O. The summed E-state index contributed by atoms with van der Waals surface area (Å²) >= 11 is 9.38. The number of carbonyl (C=O) groups excluding carboxylic acids is 1. The Morgan fingerprint density at radius 3 is 2.57 bits per heavy atom. The van der Waals surface area contributed by atoms with Crippen molar-refractivity contribution in [2.45, 2.75) is 6.42 Å². The van der Waals surface area contributed by atoms with Gasteiger partial charge in [0.05, 0.1) is 10.7 Å². The van der Waals surface area contributed by atoms with Gasteiger partial charge in [-0.3, -0.25) is 0 Å². The molecule has 0 radical (unpaired) electrons. The second-order valence-corrected chi connectivity index (χ2v) is 5.82. The number of nitrogen functional groups attached to an aromatic ring is 1. The van der Waals surface area contributed by atoms with Gasteiger partial charge in [0, 0.05) is 16.7 Å². The van der Waals surface area contributed by atoms with Crippen molar-refractivity contribution < 1.29 is 4.79 Å². The smallest absolute Gasteiger partial charge is 0.319 e. The van der Waals surface area contributed by atoms with Gasteiger partial charge in [0.25, 0.3) is 0 Å². The van der Waals surface area contributed by atoms with Crippen LogP contribution in [0.15, 0.2) is 46.9 Å². The van der Waals surface area contributed by atoms with Gasteiger partial charge in [-0.25, -0.2) is 4.79 Å². The van der Waals surface area contributed by atoms with Crippen LogP contribution in [0.5, 0.6) is 0 Å². The third-order valence-corrected chi connectivity index (χ3v) is 3.70. The fourth-order valence-corrected chi connectivity index (χ4v) is 2.27. The highest BCUT2D eigenvalue weighted by atomic mass is 79.9. The van der Waals surface area contributed by atoms with E-state index in [2.05, 4.69) is 26.6 Å². The number of hydrogen-bond donors (Lipinski definition) is 3. The van der Waals surface area contributed by atoms with Crippen molar-refractivity contribution in [1.82, 2.24) is 5.32 Å². The zero-order valence-electron chi connectivity index (χ0n) is 11.2. The number of halogens is 2. The first-order valence-corrected chi connectivity index (χ1v) is 7.56.